The Labute approximate surface area is 102 Å². The molecule has 1 aliphatic rings. The minimum Gasteiger partial charge on any atom is -0.387 e. The predicted molar refractivity (Wildman–Crippen MR) is 63.2 cm³/mol. The first-order chi connectivity index (χ1) is 8.63. The number of fused-ring (bicyclic) bond motifs is 2. The summed E-state index contributed by atoms with van der Waals surface area (Å²) in [6, 6.07) is 0.952. The standard InChI is InChI=1S/C13H11F3N2/c1-17-13-6-3-2-4-8(6)18-9-5-7(14)11(15)12(16)10(9)13/h5H,2-4H2,1H3,(H,17,18). The van der Waals surface area contributed by atoms with E-state index < -0.39 is 17.5 Å². The van der Waals surface area contributed by atoms with Gasteiger partial charge in [0, 0.05) is 18.8 Å². The third kappa shape index (κ3) is 1.39. The molecule has 0 spiro atoms. The van der Waals surface area contributed by atoms with Gasteiger partial charge in [0.05, 0.1) is 16.6 Å². The summed E-state index contributed by atoms with van der Waals surface area (Å²) in [6.07, 6.45) is 2.51. The second-order valence-corrected chi connectivity index (χ2v) is 4.40. The van der Waals surface area contributed by atoms with Crippen LogP contribution in [0.4, 0.5) is 18.9 Å². The maximum Gasteiger partial charge on any atom is 0.195 e. The maximum absolute atomic E-state index is 13.9. The highest BCUT2D eigenvalue weighted by atomic mass is 19.2. The molecule has 2 aromatic rings. The molecule has 18 heavy (non-hydrogen) atoms. The Hall–Kier alpha value is -1.78. The molecule has 1 aliphatic carbocycles. The SMILES string of the molecule is CNc1c2c(nc3cc(F)c(F)c(F)c13)CCC2. The van der Waals surface area contributed by atoms with Crippen molar-refractivity contribution in [2.75, 3.05) is 12.4 Å². The Kier molecular flexibility index (Phi) is 2.43. The molecule has 0 radical (unpaired) electrons. The Morgan fingerprint density at radius 1 is 1.17 bits per heavy atom. The molecule has 0 fully saturated rings. The zero-order valence-electron chi connectivity index (χ0n) is 9.78. The Morgan fingerprint density at radius 2 is 1.94 bits per heavy atom. The number of nitrogens with zero attached hydrogens (tertiary/aromatic N) is 1. The lowest BCUT2D eigenvalue weighted by Crippen LogP contribution is -2.03. The number of nitrogens with one attached hydrogen (secondary N) is 1. The van der Waals surface area contributed by atoms with Gasteiger partial charge in [0.15, 0.2) is 17.5 Å². The van der Waals surface area contributed by atoms with E-state index >= 15 is 0 Å². The van der Waals surface area contributed by atoms with Gasteiger partial charge < -0.3 is 5.32 Å². The fraction of sp³-hybridized carbons (Fsp3) is 0.308. The second kappa shape index (κ2) is 3.86. The van der Waals surface area contributed by atoms with Crippen LogP contribution in [0.2, 0.25) is 0 Å². The number of benzene rings is 1. The van der Waals surface area contributed by atoms with Crippen molar-refractivity contribution in [1.29, 1.82) is 0 Å². The first-order valence-corrected chi connectivity index (χ1v) is 5.80. The van der Waals surface area contributed by atoms with Gasteiger partial charge in [-0.2, -0.15) is 0 Å². The number of rotatable bonds is 1. The quantitative estimate of drug-likeness (QED) is 0.788. The highest BCUT2D eigenvalue weighted by molar-refractivity contribution is 5.94. The molecule has 1 aromatic carbocycles. The van der Waals surface area contributed by atoms with Gasteiger partial charge in [-0.1, -0.05) is 0 Å². The molecule has 0 aliphatic heterocycles. The van der Waals surface area contributed by atoms with Gasteiger partial charge in [-0.25, -0.2) is 13.2 Å². The van der Waals surface area contributed by atoms with Gasteiger partial charge in [0.1, 0.15) is 0 Å². The molecule has 0 saturated heterocycles. The van der Waals surface area contributed by atoms with Crippen LogP contribution in [0, 0.1) is 17.5 Å². The van der Waals surface area contributed by atoms with Gasteiger partial charge in [-0.15, -0.1) is 0 Å². The molecular formula is C13H11F3N2. The number of aromatic nitrogens is 1. The fourth-order valence-corrected chi connectivity index (χ4v) is 2.60. The zero-order chi connectivity index (χ0) is 12.9. The van der Waals surface area contributed by atoms with Crippen LogP contribution in [0.1, 0.15) is 17.7 Å². The van der Waals surface area contributed by atoms with Gasteiger partial charge >= 0.3 is 0 Å². The molecule has 0 amide bonds. The van der Waals surface area contributed by atoms with Crippen molar-refractivity contribution in [3.63, 3.8) is 0 Å². The lowest BCUT2D eigenvalue weighted by atomic mass is 10.1. The minimum atomic E-state index is -1.45. The van der Waals surface area contributed by atoms with Gasteiger partial charge in [0.2, 0.25) is 0 Å². The highest BCUT2D eigenvalue weighted by Gasteiger charge is 2.23. The molecule has 0 saturated carbocycles. The summed E-state index contributed by atoms with van der Waals surface area (Å²) in [5.74, 6) is -3.82. The first kappa shape index (κ1) is 11.3. The average Bonchev–Trinajstić information content (AvgIpc) is 2.81. The van der Waals surface area contributed by atoms with Crippen LogP contribution in [0.25, 0.3) is 10.9 Å². The molecule has 1 N–H and O–H groups in total. The zero-order valence-corrected chi connectivity index (χ0v) is 9.78. The van der Waals surface area contributed by atoms with Crippen LogP contribution >= 0.6 is 0 Å². The molecule has 3 rings (SSSR count). The monoisotopic (exact) mass is 252 g/mol. The van der Waals surface area contributed by atoms with E-state index in [1.54, 1.807) is 7.05 Å². The summed E-state index contributed by atoms with van der Waals surface area (Å²) in [6.45, 7) is 0. The van der Waals surface area contributed by atoms with E-state index in [0.29, 0.717) is 5.69 Å². The van der Waals surface area contributed by atoms with E-state index in [9.17, 15) is 13.2 Å². The summed E-state index contributed by atoms with van der Waals surface area (Å²) in [7, 11) is 1.65. The lowest BCUT2D eigenvalue weighted by molar-refractivity contribution is 0.453. The summed E-state index contributed by atoms with van der Waals surface area (Å²) in [4.78, 5) is 4.24. The summed E-state index contributed by atoms with van der Waals surface area (Å²) >= 11 is 0. The number of halogens is 3. The van der Waals surface area contributed by atoms with Gasteiger partial charge in [-0.05, 0) is 24.8 Å². The predicted octanol–water partition coefficient (Wildman–Crippen LogP) is 3.18. The van der Waals surface area contributed by atoms with E-state index in [1.807, 2.05) is 0 Å². The molecule has 1 heterocycles. The highest BCUT2D eigenvalue weighted by Crippen LogP contribution is 2.36. The fourth-order valence-electron chi connectivity index (χ4n) is 2.60. The number of hydrogen-bond donors (Lipinski definition) is 1. The maximum atomic E-state index is 13.9. The van der Waals surface area contributed by atoms with E-state index in [4.69, 9.17) is 0 Å². The summed E-state index contributed by atoms with van der Waals surface area (Å²) in [5.41, 5.74) is 2.45. The molecule has 0 atom stereocenters. The summed E-state index contributed by atoms with van der Waals surface area (Å²) in [5, 5.41) is 2.93. The Morgan fingerprint density at radius 3 is 2.67 bits per heavy atom. The first-order valence-electron chi connectivity index (χ1n) is 5.80. The van der Waals surface area contributed by atoms with E-state index in [0.717, 1.165) is 36.6 Å². The molecule has 1 aromatic heterocycles. The normalized spacial score (nSPS) is 14.0. The van der Waals surface area contributed by atoms with Crippen molar-refractivity contribution in [1.82, 2.24) is 4.98 Å². The molecular weight excluding hydrogens is 241 g/mol. The molecule has 2 nitrogen and oxygen atoms in total. The number of aryl methyl sites for hydroxylation is 1. The van der Waals surface area contributed by atoms with E-state index in [2.05, 4.69) is 10.3 Å². The van der Waals surface area contributed by atoms with Crippen molar-refractivity contribution in [2.45, 2.75) is 19.3 Å². The van der Waals surface area contributed by atoms with Gasteiger partial charge in [0.25, 0.3) is 0 Å². The second-order valence-electron chi connectivity index (χ2n) is 4.40. The molecule has 94 valence electrons. The molecule has 5 heteroatoms. The van der Waals surface area contributed by atoms with Crippen molar-refractivity contribution in [3.05, 3.63) is 34.8 Å². The molecule has 0 bridgehead atoms. The van der Waals surface area contributed by atoms with Crippen LogP contribution in [0.15, 0.2) is 6.07 Å². The molecule has 0 unspecified atom stereocenters. The van der Waals surface area contributed by atoms with Crippen molar-refractivity contribution < 1.29 is 13.2 Å². The third-order valence-electron chi connectivity index (χ3n) is 3.39. The van der Waals surface area contributed by atoms with E-state index in [1.165, 1.54) is 0 Å². The third-order valence-corrected chi connectivity index (χ3v) is 3.39. The number of hydrogen-bond acceptors (Lipinski definition) is 2. The van der Waals surface area contributed by atoms with Crippen LogP contribution < -0.4 is 5.32 Å². The Balaban J connectivity index is 2.48. The average molecular weight is 252 g/mol. The van der Waals surface area contributed by atoms with Crippen LogP contribution in [-0.2, 0) is 12.8 Å². The van der Waals surface area contributed by atoms with Crippen LogP contribution in [0.5, 0.6) is 0 Å². The lowest BCUT2D eigenvalue weighted by Gasteiger charge is -2.13. The largest absolute Gasteiger partial charge is 0.387 e. The van der Waals surface area contributed by atoms with E-state index in [-0.39, 0.29) is 10.9 Å². The summed E-state index contributed by atoms with van der Waals surface area (Å²) < 4.78 is 40.4. The smallest absolute Gasteiger partial charge is 0.195 e. The topological polar surface area (TPSA) is 24.9 Å². The van der Waals surface area contributed by atoms with Crippen molar-refractivity contribution in [2.24, 2.45) is 0 Å². The van der Waals surface area contributed by atoms with Gasteiger partial charge in [-0.3, -0.25) is 4.98 Å². The minimum absolute atomic E-state index is 0.0389. The van der Waals surface area contributed by atoms with Crippen LogP contribution in [0.3, 0.4) is 0 Å². The number of pyridine rings is 1. The Bertz CT molecular complexity index is 653. The van der Waals surface area contributed by atoms with Crippen LogP contribution in [-0.4, -0.2) is 12.0 Å². The number of anilines is 1. The van der Waals surface area contributed by atoms with Crippen molar-refractivity contribution in [3.8, 4) is 0 Å². The van der Waals surface area contributed by atoms with Crippen molar-refractivity contribution >= 4 is 16.6 Å².